The van der Waals surface area contributed by atoms with E-state index in [4.69, 9.17) is 0 Å². The van der Waals surface area contributed by atoms with Gasteiger partial charge < -0.3 is 5.11 Å². The van der Waals surface area contributed by atoms with Gasteiger partial charge in [-0.2, -0.15) is 0 Å². The number of hydrogen-bond acceptors (Lipinski definition) is 1. The second-order valence-corrected chi connectivity index (χ2v) is 6.27. The van der Waals surface area contributed by atoms with E-state index in [1.54, 1.807) is 0 Å². The van der Waals surface area contributed by atoms with E-state index in [0.29, 0.717) is 0 Å². The van der Waals surface area contributed by atoms with Crippen LogP contribution in [0.25, 0.3) is 0 Å². The van der Waals surface area contributed by atoms with Crippen molar-refractivity contribution < 1.29 is 9.90 Å². The van der Waals surface area contributed by atoms with Gasteiger partial charge in [0, 0.05) is 4.47 Å². The Kier molecular flexibility index (Phi) is 8.59. The highest BCUT2D eigenvalue weighted by Crippen LogP contribution is 2.24. The Morgan fingerprint density at radius 1 is 1.05 bits per heavy atom. The van der Waals surface area contributed by atoms with Crippen molar-refractivity contribution in [1.82, 2.24) is 0 Å². The number of carboxylic acids is 1. The molecule has 0 spiro atoms. The lowest BCUT2D eigenvalue weighted by Crippen LogP contribution is -2.11. The highest BCUT2D eigenvalue weighted by atomic mass is 79.9. The average molecular weight is 341 g/mol. The van der Waals surface area contributed by atoms with Crippen LogP contribution in [0.2, 0.25) is 0 Å². The molecule has 0 bridgehead atoms. The van der Waals surface area contributed by atoms with Crippen LogP contribution in [0, 0.1) is 0 Å². The van der Waals surface area contributed by atoms with E-state index in [9.17, 15) is 9.90 Å². The second-order valence-electron chi connectivity index (χ2n) is 5.35. The molecule has 20 heavy (non-hydrogen) atoms. The first-order valence-electron chi connectivity index (χ1n) is 7.63. The molecule has 3 heteroatoms. The van der Waals surface area contributed by atoms with Gasteiger partial charge in [0.2, 0.25) is 0 Å². The van der Waals surface area contributed by atoms with E-state index in [2.05, 4.69) is 22.9 Å². The molecule has 1 aromatic rings. The SMILES string of the molecule is CCCCCCCCCC(C(=O)O)c1ccc(Br)cc1. The number of benzene rings is 1. The number of unbranched alkanes of at least 4 members (excludes halogenated alkanes) is 6. The van der Waals surface area contributed by atoms with Crippen LogP contribution in [0.1, 0.15) is 69.8 Å². The van der Waals surface area contributed by atoms with Crippen LogP contribution in [0.5, 0.6) is 0 Å². The third-order valence-corrected chi connectivity index (χ3v) is 4.20. The molecule has 0 amide bonds. The fourth-order valence-corrected chi connectivity index (χ4v) is 2.70. The molecule has 0 heterocycles. The third kappa shape index (κ3) is 6.56. The van der Waals surface area contributed by atoms with Gasteiger partial charge in [-0.3, -0.25) is 4.79 Å². The van der Waals surface area contributed by atoms with Crippen molar-refractivity contribution in [1.29, 1.82) is 0 Å². The first kappa shape index (κ1) is 17.2. The maximum atomic E-state index is 11.4. The minimum atomic E-state index is -0.710. The number of aliphatic carboxylic acids is 1. The Bertz CT molecular complexity index is 386. The summed E-state index contributed by atoms with van der Waals surface area (Å²) in [5.41, 5.74) is 0.909. The van der Waals surface area contributed by atoms with Crippen LogP contribution in [-0.4, -0.2) is 11.1 Å². The van der Waals surface area contributed by atoms with Crippen LogP contribution >= 0.6 is 15.9 Å². The van der Waals surface area contributed by atoms with E-state index in [0.717, 1.165) is 29.3 Å². The van der Waals surface area contributed by atoms with E-state index in [-0.39, 0.29) is 5.92 Å². The summed E-state index contributed by atoms with van der Waals surface area (Å²) in [7, 11) is 0. The summed E-state index contributed by atoms with van der Waals surface area (Å²) in [6.07, 6.45) is 9.29. The molecule has 0 radical (unpaired) electrons. The Labute approximate surface area is 130 Å². The van der Waals surface area contributed by atoms with Gasteiger partial charge >= 0.3 is 5.97 Å². The zero-order valence-electron chi connectivity index (χ0n) is 12.3. The fourth-order valence-electron chi connectivity index (χ4n) is 2.43. The molecule has 2 nitrogen and oxygen atoms in total. The normalized spacial score (nSPS) is 12.3. The van der Waals surface area contributed by atoms with Gasteiger partial charge in [0.05, 0.1) is 5.92 Å². The van der Waals surface area contributed by atoms with Gasteiger partial charge in [0.25, 0.3) is 0 Å². The standard InChI is InChI=1S/C17H25BrO2/c1-2-3-4-5-6-7-8-9-16(17(19)20)14-10-12-15(18)13-11-14/h10-13,16H,2-9H2,1H3,(H,19,20). The molecule has 0 aliphatic heterocycles. The minimum Gasteiger partial charge on any atom is -0.481 e. The Hall–Kier alpha value is -0.830. The molecule has 0 saturated carbocycles. The lowest BCUT2D eigenvalue weighted by atomic mass is 9.93. The monoisotopic (exact) mass is 340 g/mol. The summed E-state index contributed by atoms with van der Waals surface area (Å²) in [6, 6.07) is 7.64. The quantitative estimate of drug-likeness (QED) is 0.550. The van der Waals surface area contributed by atoms with Gasteiger partial charge in [0.15, 0.2) is 0 Å². The van der Waals surface area contributed by atoms with Crippen LogP contribution in [0.4, 0.5) is 0 Å². The van der Waals surface area contributed by atoms with Gasteiger partial charge in [-0.1, -0.05) is 79.9 Å². The van der Waals surface area contributed by atoms with E-state index in [1.165, 1.54) is 32.1 Å². The maximum absolute atomic E-state index is 11.4. The fraction of sp³-hybridized carbons (Fsp3) is 0.588. The zero-order valence-corrected chi connectivity index (χ0v) is 13.9. The van der Waals surface area contributed by atoms with Crippen molar-refractivity contribution in [2.24, 2.45) is 0 Å². The van der Waals surface area contributed by atoms with Gasteiger partial charge in [-0.15, -0.1) is 0 Å². The van der Waals surface area contributed by atoms with Crippen LogP contribution in [-0.2, 0) is 4.79 Å². The van der Waals surface area contributed by atoms with Crippen LogP contribution in [0.3, 0.4) is 0 Å². The molecule has 0 fully saturated rings. The Morgan fingerprint density at radius 3 is 2.15 bits per heavy atom. The molecule has 1 unspecified atom stereocenters. The van der Waals surface area contributed by atoms with Gasteiger partial charge in [-0.05, 0) is 24.1 Å². The van der Waals surface area contributed by atoms with Gasteiger partial charge in [-0.25, -0.2) is 0 Å². The summed E-state index contributed by atoms with van der Waals surface area (Å²) in [5, 5.41) is 9.36. The van der Waals surface area contributed by atoms with Crippen molar-refractivity contribution in [3.05, 3.63) is 34.3 Å². The predicted octanol–water partition coefficient (Wildman–Crippen LogP) is 5.76. The van der Waals surface area contributed by atoms with Crippen molar-refractivity contribution in [2.45, 2.75) is 64.2 Å². The molecule has 0 aliphatic carbocycles. The molecule has 1 N–H and O–H groups in total. The molecule has 0 saturated heterocycles. The number of carboxylic acid groups (broad SMARTS) is 1. The first-order valence-corrected chi connectivity index (χ1v) is 8.42. The average Bonchev–Trinajstić information content (AvgIpc) is 2.43. The molecule has 1 aromatic carbocycles. The predicted molar refractivity (Wildman–Crippen MR) is 87.1 cm³/mol. The number of hydrogen-bond donors (Lipinski definition) is 1. The minimum absolute atomic E-state index is 0.362. The Balaban J connectivity index is 2.33. The van der Waals surface area contributed by atoms with Crippen molar-refractivity contribution in [3.8, 4) is 0 Å². The zero-order chi connectivity index (χ0) is 14.8. The van der Waals surface area contributed by atoms with Crippen LogP contribution in [0.15, 0.2) is 28.7 Å². The lowest BCUT2D eigenvalue weighted by Gasteiger charge is -2.12. The molecular weight excluding hydrogens is 316 g/mol. The first-order chi connectivity index (χ1) is 9.65. The smallest absolute Gasteiger partial charge is 0.310 e. The highest BCUT2D eigenvalue weighted by Gasteiger charge is 2.18. The topological polar surface area (TPSA) is 37.3 Å². The maximum Gasteiger partial charge on any atom is 0.310 e. The lowest BCUT2D eigenvalue weighted by molar-refractivity contribution is -0.139. The van der Waals surface area contributed by atoms with E-state index in [1.807, 2.05) is 24.3 Å². The molecule has 0 aliphatic rings. The van der Waals surface area contributed by atoms with E-state index < -0.39 is 5.97 Å². The summed E-state index contributed by atoms with van der Waals surface area (Å²) in [4.78, 5) is 11.4. The number of halogens is 1. The van der Waals surface area contributed by atoms with Crippen molar-refractivity contribution in [3.63, 3.8) is 0 Å². The van der Waals surface area contributed by atoms with Crippen molar-refractivity contribution >= 4 is 21.9 Å². The third-order valence-electron chi connectivity index (χ3n) is 3.67. The van der Waals surface area contributed by atoms with Crippen molar-refractivity contribution in [2.75, 3.05) is 0 Å². The molecular formula is C17H25BrO2. The Morgan fingerprint density at radius 2 is 1.60 bits per heavy atom. The molecule has 1 rings (SSSR count). The largest absolute Gasteiger partial charge is 0.481 e. The summed E-state index contributed by atoms with van der Waals surface area (Å²) < 4.78 is 0.987. The summed E-state index contributed by atoms with van der Waals surface area (Å²) in [5.74, 6) is -1.07. The second kappa shape index (κ2) is 9.98. The molecule has 0 aromatic heterocycles. The molecule has 112 valence electrons. The highest BCUT2D eigenvalue weighted by molar-refractivity contribution is 9.10. The summed E-state index contributed by atoms with van der Waals surface area (Å²) >= 11 is 3.38. The molecule has 1 atom stereocenters. The summed E-state index contributed by atoms with van der Waals surface area (Å²) in [6.45, 7) is 2.22. The van der Waals surface area contributed by atoms with E-state index >= 15 is 0 Å². The number of rotatable bonds is 10. The van der Waals surface area contributed by atoms with Crippen LogP contribution < -0.4 is 0 Å². The number of carbonyl (C=O) groups is 1. The van der Waals surface area contributed by atoms with Gasteiger partial charge in [0.1, 0.15) is 0 Å².